The van der Waals surface area contributed by atoms with Crippen LogP contribution < -0.4 is 9.64 Å². The van der Waals surface area contributed by atoms with Crippen molar-refractivity contribution in [2.24, 2.45) is 0 Å². The summed E-state index contributed by atoms with van der Waals surface area (Å²) in [4.78, 5) is 25.7. The van der Waals surface area contributed by atoms with Crippen molar-refractivity contribution >= 4 is 29.0 Å². The monoisotopic (exact) mass is 344 g/mol. The highest BCUT2D eigenvalue weighted by Crippen LogP contribution is 2.33. The fourth-order valence-electron chi connectivity index (χ4n) is 2.50. The number of carbonyl (C=O) groups is 1. The molecule has 0 saturated carbocycles. The maximum Gasteiger partial charge on any atom is 0.273 e. The third kappa shape index (κ3) is 3.68. The maximum absolute atomic E-state index is 12.6. The normalized spacial score (nSPS) is 13.8. The summed E-state index contributed by atoms with van der Waals surface area (Å²) in [6, 6.07) is 13.6. The molecule has 2 aromatic rings. The molecule has 0 saturated heterocycles. The molecule has 0 N–H and O–H groups in total. The first-order valence-electron chi connectivity index (χ1n) is 7.54. The Balaban J connectivity index is 1.71. The average Bonchev–Trinajstić information content (AvgIpc) is 2.82. The minimum absolute atomic E-state index is 0.0588. The van der Waals surface area contributed by atoms with E-state index in [1.807, 2.05) is 24.3 Å². The zero-order valence-electron chi connectivity index (χ0n) is 12.9. The number of hydrogen-bond acceptors (Lipinski definition) is 5. The highest BCUT2D eigenvalue weighted by atomic mass is 32.2. The highest BCUT2D eigenvalue weighted by molar-refractivity contribution is 7.99. The molecule has 3 rings (SSSR count). The number of para-hydroxylation sites is 1. The van der Waals surface area contributed by atoms with Gasteiger partial charge in [-0.05, 0) is 30.4 Å². The zero-order valence-corrected chi connectivity index (χ0v) is 13.7. The second kappa shape index (κ2) is 7.35. The van der Waals surface area contributed by atoms with Gasteiger partial charge in [-0.1, -0.05) is 18.2 Å². The summed E-state index contributed by atoms with van der Waals surface area (Å²) >= 11 is 1.74. The van der Waals surface area contributed by atoms with Gasteiger partial charge in [0.25, 0.3) is 11.6 Å². The summed E-state index contributed by atoms with van der Waals surface area (Å²) in [5.41, 5.74) is 0.837. The van der Waals surface area contributed by atoms with E-state index in [4.69, 9.17) is 4.74 Å². The molecule has 7 heteroatoms. The van der Waals surface area contributed by atoms with Crippen LogP contribution in [0.2, 0.25) is 0 Å². The molecule has 0 fully saturated rings. The number of carbonyl (C=O) groups excluding carboxylic acids is 1. The molecule has 0 spiro atoms. The topological polar surface area (TPSA) is 72.7 Å². The van der Waals surface area contributed by atoms with Gasteiger partial charge < -0.3 is 9.64 Å². The lowest BCUT2D eigenvalue weighted by atomic mass is 10.2. The Morgan fingerprint density at radius 1 is 1.25 bits per heavy atom. The molecule has 24 heavy (non-hydrogen) atoms. The molecule has 1 amide bonds. The van der Waals surface area contributed by atoms with E-state index in [1.165, 1.54) is 18.2 Å². The maximum atomic E-state index is 12.6. The summed E-state index contributed by atoms with van der Waals surface area (Å²) in [7, 11) is 0. The van der Waals surface area contributed by atoms with Crippen LogP contribution in [0.5, 0.6) is 5.75 Å². The van der Waals surface area contributed by atoms with Crippen LogP contribution in [0.25, 0.3) is 0 Å². The Morgan fingerprint density at radius 2 is 2.08 bits per heavy atom. The lowest BCUT2D eigenvalue weighted by molar-refractivity contribution is -0.384. The average molecular weight is 344 g/mol. The Labute approximate surface area is 143 Å². The molecular formula is C17H16N2O4S. The van der Waals surface area contributed by atoms with E-state index in [1.54, 1.807) is 22.7 Å². The van der Waals surface area contributed by atoms with E-state index in [0.29, 0.717) is 12.3 Å². The van der Waals surface area contributed by atoms with Crippen LogP contribution >= 0.6 is 11.8 Å². The van der Waals surface area contributed by atoms with E-state index >= 15 is 0 Å². The number of benzene rings is 2. The number of fused-ring (bicyclic) bond motifs is 1. The number of thioether (sulfide) groups is 1. The molecule has 0 bridgehead atoms. The van der Waals surface area contributed by atoms with Crippen LogP contribution in [0.4, 0.5) is 11.4 Å². The number of hydrogen-bond donors (Lipinski definition) is 0. The molecule has 0 unspecified atom stereocenters. The first-order chi connectivity index (χ1) is 11.6. The van der Waals surface area contributed by atoms with Gasteiger partial charge in [-0.3, -0.25) is 14.9 Å². The second-order valence-corrected chi connectivity index (χ2v) is 6.40. The van der Waals surface area contributed by atoms with Crippen LogP contribution in [0, 0.1) is 10.1 Å². The Morgan fingerprint density at radius 3 is 2.92 bits per heavy atom. The molecule has 1 aliphatic heterocycles. The molecule has 124 valence electrons. The van der Waals surface area contributed by atoms with Gasteiger partial charge in [0.1, 0.15) is 5.75 Å². The summed E-state index contributed by atoms with van der Waals surface area (Å²) in [6.45, 7) is 0.487. The molecule has 0 atom stereocenters. The molecule has 2 aromatic carbocycles. The lowest BCUT2D eigenvalue weighted by Gasteiger charge is -2.22. The van der Waals surface area contributed by atoms with Crippen molar-refractivity contribution in [3.63, 3.8) is 0 Å². The summed E-state index contributed by atoms with van der Waals surface area (Å²) in [5.74, 6) is 1.12. The van der Waals surface area contributed by atoms with Crippen molar-refractivity contribution < 1.29 is 14.5 Å². The van der Waals surface area contributed by atoms with E-state index in [2.05, 4.69) is 0 Å². The molecule has 0 aliphatic carbocycles. The minimum atomic E-state index is -0.489. The summed E-state index contributed by atoms with van der Waals surface area (Å²) < 4.78 is 5.47. The van der Waals surface area contributed by atoms with Crippen LogP contribution in [-0.2, 0) is 4.79 Å². The van der Waals surface area contributed by atoms with Crippen molar-refractivity contribution in [1.82, 2.24) is 0 Å². The van der Waals surface area contributed by atoms with Crippen molar-refractivity contribution in [2.45, 2.75) is 11.3 Å². The van der Waals surface area contributed by atoms with E-state index in [0.717, 1.165) is 22.8 Å². The summed E-state index contributed by atoms with van der Waals surface area (Å²) in [6.07, 6.45) is 0.905. The fourth-order valence-corrected chi connectivity index (χ4v) is 3.49. The quantitative estimate of drug-likeness (QED) is 0.627. The Kier molecular flexibility index (Phi) is 5.00. The second-order valence-electron chi connectivity index (χ2n) is 5.26. The van der Waals surface area contributed by atoms with Gasteiger partial charge in [0.05, 0.1) is 16.7 Å². The van der Waals surface area contributed by atoms with E-state index < -0.39 is 4.92 Å². The number of nitro benzene ring substituents is 1. The minimum Gasteiger partial charge on any atom is -0.483 e. The smallest absolute Gasteiger partial charge is 0.273 e. The number of ether oxygens (including phenoxy) is 1. The molecule has 6 nitrogen and oxygen atoms in total. The van der Waals surface area contributed by atoms with Crippen LogP contribution in [-0.4, -0.2) is 29.7 Å². The van der Waals surface area contributed by atoms with Crippen molar-refractivity contribution in [1.29, 1.82) is 0 Å². The number of amides is 1. The SMILES string of the molecule is O=C(COc1cccc([N+](=O)[O-])c1)N1CCCSc2ccccc21. The predicted octanol–water partition coefficient (Wildman–Crippen LogP) is 3.50. The van der Waals surface area contributed by atoms with Crippen molar-refractivity contribution in [2.75, 3.05) is 23.8 Å². The van der Waals surface area contributed by atoms with Crippen molar-refractivity contribution in [3.05, 3.63) is 58.6 Å². The third-order valence-electron chi connectivity index (χ3n) is 3.63. The predicted molar refractivity (Wildman–Crippen MR) is 92.7 cm³/mol. The molecular weight excluding hydrogens is 328 g/mol. The van der Waals surface area contributed by atoms with Gasteiger partial charge in [0.2, 0.25) is 0 Å². The largest absolute Gasteiger partial charge is 0.483 e. The number of nitrogens with zero attached hydrogens (tertiary/aromatic N) is 2. The number of non-ortho nitro benzene ring substituents is 1. The third-order valence-corrected chi connectivity index (χ3v) is 4.78. The van der Waals surface area contributed by atoms with Crippen LogP contribution in [0.15, 0.2) is 53.4 Å². The Hall–Kier alpha value is -2.54. The lowest BCUT2D eigenvalue weighted by Crippen LogP contribution is -2.35. The van der Waals surface area contributed by atoms with Crippen LogP contribution in [0.3, 0.4) is 0 Å². The fraction of sp³-hybridized carbons (Fsp3) is 0.235. The summed E-state index contributed by atoms with van der Waals surface area (Å²) in [5, 5.41) is 10.8. The van der Waals surface area contributed by atoms with E-state index in [9.17, 15) is 14.9 Å². The molecule has 1 aliphatic rings. The molecule has 0 aromatic heterocycles. The number of rotatable bonds is 4. The van der Waals surface area contributed by atoms with Gasteiger partial charge in [-0.2, -0.15) is 0 Å². The van der Waals surface area contributed by atoms with Crippen molar-refractivity contribution in [3.8, 4) is 5.75 Å². The number of anilines is 1. The highest BCUT2D eigenvalue weighted by Gasteiger charge is 2.21. The van der Waals surface area contributed by atoms with E-state index in [-0.39, 0.29) is 18.2 Å². The molecule has 1 heterocycles. The van der Waals surface area contributed by atoms with Gasteiger partial charge in [0.15, 0.2) is 6.61 Å². The standard InChI is InChI=1S/C17H16N2O4S/c20-17(12-23-14-6-3-5-13(11-14)19(21)22)18-9-4-10-24-16-8-2-1-7-15(16)18/h1-3,5-8,11H,4,9-10,12H2. The Bertz CT molecular complexity index is 766. The van der Waals surface area contributed by atoms with Crippen LogP contribution in [0.1, 0.15) is 6.42 Å². The first kappa shape index (κ1) is 16.3. The van der Waals surface area contributed by atoms with Gasteiger partial charge in [0, 0.05) is 17.5 Å². The molecule has 0 radical (unpaired) electrons. The van der Waals surface area contributed by atoms with Gasteiger partial charge >= 0.3 is 0 Å². The number of nitro groups is 1. The zero-order chi connectivity index (χ0) is 16.9. The first-order valence-corrected chi connectivity index (χ1v) is 8.53. The van der Waals surface area contributed by atoms with Gasteiger partial charge in [-0.15, -0.1) is 11.8 Å². The van der Waals surface area contributed by atoms with Gasteiger partial charge in [-0.25, -0.2) is 0 Å².